The van der Waals surface area contributed by atoms with Gasteiger partial charge in [0.05, 0.1) is 12.1 Å². The molecule has 0 saturated carbocycles. The van der Waals surface area contributed by atoms with Crippen molar-refractivity contribution in [3.63, 3.8) is 0 Å². The Hall–Kier alpha value is -2.25. The van der Waals surface area contributed by atoms with Crippen LogP contribution in [-0.2, 0) is 4.79 Å². The van der Waals surface area contributed by atoms with Gasteiger partial charge in [-0.3, -0.25) is 9.69 Å². The number of aromatic nitrogens is 2. The molecule has 7 nitrogen and oxygen atoms in total. The Labute approximate surface area is 147 Å². The van der Waals surface area contributed by atoms with E-state index in [1.165, 1.54) is 5.56 Å². The maximum Gasteiger partial charge on any atom is 0.244 e. The Morgan fingerprint density at radius 2 is 1.80 bits per heavy atom. The normalized spacial score (nSPS) is 18.2. The summed E-state index contributed by atoms with van der Waals surface area (Å²) in [7, 11) is 0. The van der Waals surface area contributed by atoms with Gasteiger partial charge >= 0.3 is 0 Å². The summed E-state index contributed by atoms with van der Waals surface area (Å²) in [6, 6.07) is 7.61. The van der Waals surface area contributed by atoms with Crippen LogP contribution >= 0.6 is 0 Å². The molecule has 1 unspecified atom stereocenters. The van der Waals surface area contributed by atoms with Crippen molar-refractivity contribution >= 4 is 5.91 Å². The molecular weight excluding hydrogens is 318 g/mol. The molecule has 1 amide bonds. The quantitative estimate of drug-likeness (QED) is 0.907. The molecule has 0 spiro atoms. The number of nitrogens with zero attached hydrogens (tertiary/aromatic N) is 4. The number of carbonyl (C=O) groups excluding carboxylic acids is 1. The van der Waals surface area contributed by atoms with Crippen LogP contribution < -0.4 is 5.73 Å². The highest BCUT2D eigenvalue weighted by molar-refractivity contribution is 5.81. The number of hydrogen-bond acceptors (Lipinski definition) is 6. The lowest BCUT2D eigenvalue weighted by molar-refractivity contribution is -0.134. The number of benzene rings is 1. The molecule has 2 heterocycles. The molecule has 1 saturated heterocycles. The van der Waals surface area contributed by atoms with Gasteiger partial charge in [-0.1, -0.05) is 35.0 Å². The van der Waals surface area contributed by atoms with Gasteiger partial charge in [0.2, 0.25) is 17.6 Å². The van der Waals surface area contributed by atoms with Crippen LogP contribution in [-0.4, -0.2) is 58.1 Å². The third kappa shape index (κ3) is 3.88. The zero-order valence-electron chi connectivity index (χ0n) is 15.0. The van der Waals surface area contributed by atoms with Crippen molar-refractivity contribution in [2.75, 3.05) is 26.2 Å². The standard InChI is InChI=1S/C18H25N5O2/c1-12-4-6-15(7-5-12)16-20-17(25-21-16)14(3)22-8-10-23(11-9-22)18(24)13(2)19/h4-7,13-14H,8-11,19H2,1-3H3/t13-,14?/m1/s1. The van der Waals surface area contributed by atoms with Crippen molar-refractivity contribution in [1.82, 2.24) is 19.9 Å². The van der Waals surface area contributed by atoms with Gasteiger partial charge in [0.15, 0.2) is 0 Å². The summed E-state index contributed by atoms with van der Waals surface area (Å²) in [5.74, 6) is 1.21. The maximum absolute atomic E-state index is 12.0. The Kier molecular flexibility index (Phi) is 5.15. The van der Waals surface area contributed by atoms with Crippen molar-refractivity contribution < 1.29 is 9.32 Å². The lowest BCUT2D eigenvalue weighted by Crippen LogP contribution is -2.52. The van der Waals surface area contributed by atoms with Crippen LogP contribution in [0.5, 0.6) is 0 Å². The van der Waals surface area contributed by atoms with Crippen molar-refractivity contribution in [2.24, 2.45) is 5.73 Å². The first kappa shape index (κ1) is 17.6. The summed E-state index contributed by atoms with van der Waals surface area (Å²) in [5, 5.41) is 4.10. The number of rotatable bonds is 4. The summed E-state index contributed by atoms with van der Waals surface area (Å²) >= 11 is 0. The van der Waals surface area contributed by atoms with Crippen LogP contribution in [0.4, 0.5) is 0 Å². The summed E-state index contributed by atoms with van der Waals surface area (Å²) in [4.78, 5) is 20.6. The zero-order chi connectivity index (χ0) is 18.0. The minimum Gasteiger partial charge on any atom is -0.339 e. The molecule has 25 heavy (non-hydrogen) atoms. The second-order valence-electron chi connectivity index (χ2n) is 6.65. The minimum absolute atomic E-state index is 0.00625. The van der Waals surface area contributed by atoms with E-state index in [4.69, 9.17) is 10.3 Å². The first-order valence-corrected chi connectivity index (χ1v) is 8.65. The Bertz CT molecular complexity index is 717. The Balaban J connectivity index is 1.63. The lowest BCUT2D eigenvalue weighted by atomic mass is 10.1. The number of amides is 1. The molecular formula is C18H25N5O2. The number of nitrogens with two attached hydrogens (primary N) is 1. The zero-order valence-corrected chi connectivity index (χ0v) is 15.0. The molecule has 2 aromatic rings. The second-order valence-corrected chi connectivity index (χ2v) is 6.65. The third-order valence-electron chi connectivity index (χ3n) is 4.67. The van der Waals surface area contributed by atoms with Crippen molar-refractivity contribution in [3.05, 3.63) is 35.7 Å². The van der Waals surface area contributed by atoms with Gasteiger partial charge in [0, 0.05) is 31.7 Å². The average molecular weight is 343 g/mol. The van der Waals surface area contributed by atoms with E-state index < -0.39 is 6.04 Å². The molecule has 1 aliphatic heterocycles. The number of carbonyl (C=O) groups is 1. The Morgan fingerprint density at radius 1 is 1.16 bits per heavy atom. The van der Waals surface area contributed by atoms with E-state index in [0.29, 0.717) is 24.8 Å². The minimum atomic E-state index is -0.447. The lowest BCUT2D eigenvalue weighted by Gasteiger charge is -2.37. The summed E-state index contributed by atoms with van der Waals surface area (Å²) < 4.78 is 5.47. The fourth-order valence-corrected chi connectivity index (χ4v) is 3.00. The SMILES string of the molecule is Cc1ccc(-c2noc(C(C)N3CCN(C(=O)[C@@H](C)N)CC3)n2)cc1. The third-order valence-corrected chi connectivity index (χ3v) is 4.67. The predicted octanol–water partition coefficient (Wildman–Crippen LogP) is 1.60. The van der Waals surface area contributed by atoms with Gasteiger partial charge < -0.3 is 15.2 Å². The van der Waals surface area contributed by atoms with Crippen molar-refractivity contribution in [1.29, 1.82) is 0 Å². The first-order valence-electron chi connectivity index (χ1n) is 8.65. The van der Waals surface area contributed by atoms with Gasteiger partial charge in [-0.05, 0) is 20.8 Å². The van der Waals surface area contributed by atoms with E-state index in [0.717, 1.165) is 18.7 Å². The molecule has 1 fully saturated rings. The van der Waals surface area contributed by atoms with Crippen molar-refractivity contribution in [2.45, 2.75) is 32.9 Å². The van der Waals surface area contributed by atoms with Crippen LogP contribution in [0.3, 0.4) is 0 Å². The predicted molar refractivity (Wildman–Crippen MR) is 94.7 cm³/mol. The number of aryl methyl sites for hydroxylation is 1. The number of piperazine rings is 1. The van der Waals surface area contributed by atoms with Gasteiger partial charge in [0.1, 0.15) is 0 Å². The van der Waals surface area contributed by atoms with E-state index in [9.17, 15) is 4.79 Å². The second kappa shape index (κ2) is 7.33. The van der Waals surface area contributed by atoms with Gasteiger partial charge in [-0.15, -0.1) is 0 Å². The van der Waals surface area contributed by atoms with Gasteiger partial charge in [-0.2, -0.15) is 4.98 Å². The molecule has 2 N–H and O–H groups in total. The average Bonchev–Trinajstić information content (AvgIpc) is 3.11. The highest BCUT2D eigenvalue weighted by Gasteiger charge is 2.28. The molecule has 7 heteroatoms. The highest BCUT2D eigenvalue weighted by Crippen LogP contribution is 2.23. The van der Waals surface area contributed by atoms with Crippen molar-refractivity contribution in [3.8, 4) is 11.4 Å². The van der Waals surface area contributed by atoms with Crippen LogP contribution in [0.1, 0.15) is 31.3 Å². The molecule has 134 valence electrons. The maximum atomic E-state index is 12.0. The first-order chi connectivity index (χ1) is 12.0. The molecule has 0 radical (unpaired) electrons. The fraction of sp³-hybridized carbons (Fsp3) is 0.500. The van der Waals surface area contributed by atoms with E-state index >= 15 is 0 Å². The van der Waals surface area contributed by atoms with Crippen LogP contribution in [0, 0.1) is 6.92 Å². The molecule has 1 aromatic carbocycles. The summed E-state index contributed by atoms with van der Waals surface area (Å²) in [5.41, 5.74) is 7.82. The van der Waals surface area contributed by atoms with Crippen LogP contribution in [0.15, 0.2) is 28.8 Å². The van der Waals surface area contributed by atoms with Gasteiger partial charge in [-0.25, -0.2) is 0 Å². The summed E-state index contributed by atoms with van der Waals surface area (Å²) in [6.45, 7) is 8.69. The van der Waals surface area contributed by atoms with Gasteiger partial charge in [0.25, 0.3) is 0 Å². The van der Waals surface area contributed by atoms with E-state index in [1.807, 2.05) is 36.1 Å². The Morgan fingerprint density at radius 3 is 2.40 bits per heavy atom. The molecule has 0 bridgehead atoms. The van der Waals surface area contributed by atoms with E-state index in [1.54, 1.807) is 6.92 Å². The summed E-state index contributed by atoms with van der Waals surface area (Å²) in [6.07, 6.45) is 0. The molecule has 2 atom stereocenters. The molecule has 0 aliphatic carbocycles. The van der Waals surface area contributed by atoms with Crippen LogP contribution in [0.2, 0.25) is 0 Å². The smallest absolute Gasteiger partial charge is 0.244 e. The largest absolute Gasteiger partial charge is 0.339 e. The monoisotopic (exact) mass is 343 g/mol. The highest BCUT2D eigenvalue weighted by atomic mass is 16.5. The molecule has 3 rings (SSSR count). The fourth-order valence-electron chi connectivity index (χ4n) is 3.00. The van der Waals surface area contributed by atoms with E-state index in [-0.39, 0.29) is 11.9 Å². The van der Waals surface area contributed by atoms with Crippen LogP contribution in [0.25, 0.3) is 11.4 Å². The molecule has 1 aromatic heterocycles. The molecule has 1 aliphatic rings. The van der Waals surface area contributed by atoms with E-state index in [2.05, 4.69) is 22.0 Å². The number of hydrogen-bond donors (Lipinski definition) is 1. The topological polar surface area (TPSA) is 88.5 Å².